The van der Waals surface area contributed by atoms with E-state index in [2.05, 4.69) is 20.3 Å². The van der Waals surface area contributed by atoms with Crippen LogP contribution in [0.15, 0.2) is 35.6 Å². The van der Waals surface area contributed by atoms with Crippen LogP contribution in [-0.4, -0.2) is 26.1 Å². The van der Waals surface area contributed by atoms with Crippen LogP contribution < -0.4 is 5.32 Å². The second kappa shape index (κ2) is 6.74. The molecule has 1 aromatic carbocycles. The SMILES string of the molecule is CC(Sc1nc2ncc(Cl)cc2[nH]1)C(=O)Nc1cc(F)ccc1F. The molecule has 1 unspecified atom stereocenters. The maximum atomic E-state index is 13.6. The highest BCUT2D eigenvalue weighted by atomic mass is 35.5. The number of anilines is 1. The summed E-state index contributed by atoms with van der Waals surface area (Å²) in [6, 6.07) is 4.54. The van der Waals surface area contributed by atoms with Gasteiger partial charge in [0.1, 0.15) is 11.6 Å². The molecule has 5 nitrogen and oxygen atoms in total. The van der Waals surface area contributed by atoms with E-state index in [4.69, 9.17) is 11.6 Å². The lowest BCUT2D eigenvalue weighted by molar-refractivity contribution is -0.115. The van der Waals surface area contributed by atoms with Crippen molar-refractivity contribution in [3.05, 3.63) is 47.1 Å². The minimum atomic E-state index is -0.704. The second-order valence-corrected chi connectivity index (χ2v) is 6.71. The summed E-state index contributed by atoms with van der Waals surface area (Å²) >= 11 is 6.99. The number of halogens is 3. The highest BCUT2D eigenvalue weighted by Crippen LogP contribution is 2.25. The Balaban J connectivity index is 1.72. The number of hydrogen-bond donors (Lipinski definition) is 2. The Morgan fingerprint density at radius 1 is 1.38 bits per heavy atom. The summed E-state index contributed by atoms with van der Waals surface area (Å²) in [6.07, 6.45) is 1.47. The Hall–Kier alpha value is -2.19. The lowest BCUT2D eigenvalue weighted by Gasteiger charge is -2.11. The van der Waals surface area contributed by atoms with E-state index in [-0.39, 0.29) is 5.69 Å². The van der Waals surface area contributed by atoms with Crippen LogP contribution in [0.4, 0.5) is 14.5 Å². The quantitative estimate of drug-likeness (QED) is 0.683. The van der Waals surface area contributed by atoms with Crippen molar-refractivity contribution < 1.29 is 13.6 Å². The van der Waals surface area contributed by atoms with Crippen LogP contribution >= 0.6 is 23.4 Å². The van der Waals surface area contributed by atoms with Crippen molar-refractivity contribution in [1.82, 2.24) is 15.0 Å². The van der Waals surface area contributed by atoms with Gasteiger partial charge in [-0.1, -0.05) is 23.4 Å². The van der Waals surface area contributed by atoms with Crippen LogP contribution in [0.2, 0.25) is 5.02 Å². The number of H-pyrrole nitrogens is 1. The van der Waals surface area contributed by atoms with E-state index in [1.54, 1.807) is 13.0 Å². The molecule has 24 heavy (non-hydrogen) atoms. The normalized spacial score (nSPS) is 12.3. The van der Waals surface area contributed by atoms with Gasteiger partial charge in [-0.15, -0.1) is 0 Å². The van der Waals surface area contributed by atoms with Gasteiger partial charge in [-0.3, -0.25) is 4.79 Å². The molecular formula is C15H11ClF2N4OS. The summed E-state index contributed by atoms with van der Waals surface area (Å²) in [6.45, 7) is 1.63. The first-order valence-corrected chi connectivity index (χ1v) is 8.12. The Bertz CT molecular complexity index is 918. The first kappa shape index (κ1) is 16.7. The highest BCUT2D eigenvalue weighted by Gasteiger charge is 2.18. The minimum Gasteiger partial charge on any atom is -0.331 e. The van der Waals surface area contributed by atoms with Crippen LogP contribution in [0.3, 0.4) is 0 Å². The van der Waals surface area contributed by atoms with Crippen LogP contribution in [0.25, 0.3) is 11.2 Å². The molecule has 0 aliphatic carbocycles. The molecule has 0 aliphatic heterocycles. The van der Waals surface area contributed by atoms with Gasteiger partial charge in [0, 0.05) is 12.3 Å². The fourth-order valence-electron chi connectivity index (χ4n) is 1.96. The predicted molar refractivity (Wildman–Crippen MR) is 89.2 cm³/mol. The molecule has 1 atom stereocenters. The number of fused-ring (bicyclic) bond motifs is 1. The number of carbonyl (C=O) groups excluding carboxylic acids is 1. The van der Waals surface area contributed by atoms with Crippen LogP contribution in [0.5, 0.6) is 0 Å². The number of hydrogen-bond acceptors (Lipinski definition) is 4. The zero-order valence-corrected chi connectivity index (χ0v) is 13.9. The van der Waals surface area contributed by atoms with E-state index in [9.17, 15) is 13.6 Å². The summed E-state index contributed by atoms with van der Waals surface area (Å²) in [7, 11) is 0. The Kier molecular flexibility index (Phi) is 4.68. The summed E-state index contributed by atoms with van der Waals surface area (Å²) in [4.78, 5) is 23.4. The Morgan fingerprint density at radius 2 is 2.17 bits per heavy atom. The summed E-state index contributed by atoms with van der Waals surface area (Å²) in [5.41, 5.74) is 0.921. The van der Waals surface area contributed by atoms with Gasteiger partial charge in [0.05, 0.1) is 21.5 Å². The fraction of sp³-hybridized carbons (Fsp3) is 0.133. The number of carbonyl (C=O) groups is 1. The fourth-order valence-corrected chi connectivity index (χ4v) is 2.92. The third-order valence-corrected chi connectivity index (χ3v) is 4.32. The van der Waals surface area contributed by atoms with Gasteiger partial charge < -0.3 is 10.3 Å². The van der Waals surface area contributed by atoms with E-state index in [0.29, 0.717) is 21.3 Å². The van der Waals surface area contributed by atoms with E-state index < -0.39 is 22.8 Å². The number of imidazole rings is 1. The number of nitrogens with one attached hydrogen (secondary N) is 2. The topological polar surface area (TPSA) is 70.7 Å². The summed E-state index contributed by atoms with van der Waals surface area (Å²) < 4.78 is 26.7. The zero-order chi connectivity index (χ0) is 17.3. The number of pyridine rings is 1. The van der Waals surface area contributed by atoms with E-state index in [1.807, 2.05) is 0 Å². The van der Waals surface area contributed by atoms with Crippen molar-refractivity contribution in [1.29, 1.82) is 0 Å². The molecule has 0 fully saturated rings. The number of aromatic amines is 1. The molecule has 2 heterocycles. The molecule has 2 aromatic heterocycles. The molecule has 3 rings (SSSR count). The van der Waals surface area contributed by atoms with Gasteiger partial charge >= 0.3 is 0 Å². The Morgan fingerprint density at radius 3 is 2.96 bits per heavy atom. The zero-order valence-electron chi connectivity index (χ0n) is 12.3. The number of thioether (sulfide) groups is 1. The predicted octanol–water partition coefficient (Wildman–Crippen LogP) is 4.01. The average Bonchev–Trinajstić information content (AvgIpc) is 2.92. The standard InChI is InChI=1S/C15H11ClF2N4OS/c1-7(14(23)20-11-5-9(17)2-3-10(11)18)24-15-21-12-4-8(16)6-19-13(12)22-15/h2-7H,1H3,(H,20,23)(H,19,21,22). The van der Waals surface area contributed by atoms with Gasteiger partial charge in [-0.2, -0.15) is 0 Å². The average molecular weight is 369 g/mol. The molecule has 0 saturated heterocycles. The lowest BCUT2D eigenvalue weighted by atomic mass is 10.3. The first-order chi connectivity index (χ1) is 11.4. The molecule has 0 radical (unpaired) electrons. The molecule has 0 aliphatic rings. The summed E-state index contributed by atoms with van der Waals surface area (Å²) in [5, 5.41) is 2.71. The Labute approximate surface area is 144 Å². The largest absolute Gasteiger partial charge is 0.331 e. The number of nitrogens with zero attached hydrogens (tertiary/aromatic N) is 2. The van der Waals surface area contributed by atoms with Gasteiger partial charge in [-0.05, 0) is 25.1 Å². The molecule has 9 heteroatoms. The monoisotopic (exact) mass is 368 g/mol. The van der Waals surface area contributed by atoms with Crippen molar-refractivity contribution in [2.45, 2.75) is 17.3 Å². The minimum absolute atomic E-state index is 0.203. The van der Waals surface area contributed by atoms with Crippen LogP contribution in [0, 0.1) is 11.6 Å². The van der Waals surface area contributed by atoms with Crippen molar-refractivity contribution in [3.8, 4) is 0 Å². The molecule has 0 saturated carbocycles. The number of rotatable bonds is 4. The molecule has 3 aromatic rings. The number of benzene rings is 1. The van der Waals surface area contributed by atoms with Gasteiger partial charge in [-0.25, -0.2) is 18.7 Å². The third-order valence-electron chi connectivity index (χ3n) is 3.13. The summed E-state index contributed by atoms with van der Waals surface area (Å²) in [5.74, 6) is -1.81. The lowest BCUT2D eigenvalue weighted by Crippen LogP contribution is -2.23. The maximum Gasteiger partial charge on any atom is 0.237 e. The van der Waals surface area contributed by atoms with Crippen molar-refractivity contribution >= 4 is 46.1 Å². The third kappa shape index (κ3) is 3.65. The smallest absolute Gasteiger partial charge is 0.237 e. The van der Waals surface area contributed by atoms with E-state index in [0.717, 1.165) is 30.0 Å². The molecule has 0 spiro atoms. The molecule has 1 amide bonds. The number of amides is 1. The van der Waals surface area contributed by atoms with Crippen molar-refractivity contribution in [2.75, 3.05) is 5.32 Å². The highest BCUT2D eigenvalue weighted by molar-refractivity contribution is 8.00. The van der Waals surface area contributed by atoms with E-state index >= 15 is 0 Å². The first-order valence-electron chi connectivity index (χ1n) is 6.86. The van der Waals surface area contributed by atoms with Gasteiger partial charge in [0.25, 0.3) is 0 Å². The van der Waals surface area contributed by atoms with Crippen LogP contribution in [0.1, 0.15) is 6.92 Å². The molecule has 124 valence electrons. The van der Waals surface area contributed by atoms with Crippen molar-refractivity contribution in [2.24, 2.45) is 0 Å². The molecular weight excluding hydrogens is 358 g/mol. The van der Waals surface area contributed by atoms with E-state index in [1.165, 1.54) is 6.20 Å². The van der Waals surface area contributed by atoms with Gasteiger partial charge in [0.2, 0.25) is 5.91 Å². The molecule has 2 N–H and O–H groups in total. The maximum absolute atomic E-state index is 13.6. The molecule has 0 bridgehead atoms. The number of aromatic nitrogens is 3. The van der Waals surface area contributed by atoms with Crippen LogP contribution in [-0.2, 0) is 4.79 Å². The second-order valence-electron chi connectivity index (χ2n) is 4.94. The van der Waals surface area contributed by atoms with Gasteiger partial charge in [0.15, 0.2) is 10.8 Å². The van der Waals surface area contributed by atoms with Crippen molar-refractivity contribution in [3.63, 3.8) is 0 Å².